The first kappa shape index (κ1) is 8.00. The molecule has 0 aliphatic carbocycles. The van der Waals surface area contributed by atoms with Gasteiger partial charge in [0, 0.05) is 21.2 Å². The second kappa shape index (κ2) is 5.14. The third-order valence-electron chi connectivity index (χ3n) is 0.354. The van der Waals surface area contributed by atoms with E-state index in [1.165, 1.54) is 9.21 Å². The fourth-order valence-corrected chi connectivity index (χ4v) is 0.813. The quantitative estimate of drug-likeness (QED) is 0.591. The zero-order chi connectivity index (χ0) is 5.70. The van der Waals surface area contributed by atoms with E-state index < -0.39 is 0 Å². The minimum atomic E-state index is -0.345. The van der Waals surface area contributed by atoms with Gasteiger partial charge in [0.25, 0.3) is 0 Å². The molecule has 0 aromatic rings. The molecule has 0 aliphatic rings. The predicted molar refractivity (Wildman–Crippen MR) is 39.2 cm³/mol. The highest BCUT2D eigenvalue weighted by atomic mass is 127. The monoisotopic (exact) mass is 234 g/mol. The minimum Gasteiger partial charge on any atom is -0.391 e. The van der Waals surface area contributed by atoms with Gasteiger partial charge in [-0.3, -0.25) is 0 Å². The molecule has 44 valence electrons. The van der Waals surface area contributed by atoms with Gasteiger partial charge in [0.05, 0.1) is 21.9 Å². The summed E-state index contributed by atoms with van der Waals surface area (Å²) in [5.74, 6) is 0. The lowest BCUT2D eigenvalue weighted by Crippen LogP contribution is -2.05. The molecule has 0 aliphatic heterocycles. The van der Waals surface area contributed by atoms with Crippen molar-refractivity contribution in [3.8, 4) is 0 Å². The zero-order valence-corrected chi connectivity index (χ0v) is 6.90. The fourth-order valence-electron chi connectivity index (χ4n) is 0.124. The van der Waals surface area contributed by atoms with Crippen LogP contribution < -0.4 is 0 Å². The molecule has 0 spiro atoms. The highest BCUT2D eigenvalue weighted by Gasteiger charge is 1.91. The molecule has 0 saturated heterocycles. The van der Waals surface area contributed by atoms with Crippen molar-refractivity contribution in [3.63, 3.8) is 0 Å². The molecular formula is C3H7IO2S. The Hall–Kier alpha value is 1.00. The average Bonchev–Trinajstić information content (AvgIpc) is 1.61. The van der Waals surface area contributed by atoms with E-state index in [2.05, 4.69) is 0 Å². The maximum Gasteiger partial charge on any atom is 0.0880 e. The van der Waals surface area contributed by atoms with E-state index in [4.69, 9.17) is 9.29 Å². The Labute approximate surface area is 59.4 Å². The standard InChI is InChI=1S/C3H7IO2S/c1-3(5)2-6-7-4/h3,5H,2H2,1H3. The topological polar surface area (TPSA) is 29.5 Å². The molecular weight excluding hydrogens is 227 g/mol. The van der Waals surface area contributed by atoms with Gasteiger partial charge >= 0.3 is 0 Å². The maximum atomic E-state index is 8.54. The van der Waals surface area contributed by atoms with Crippen molar-refractivity contribution < 1.29 is 9.29 Å². The summed E-state index contributed by atoms with van der Waals surface area (Å²) in [7, 11) is 1.24. The van der Waals surface area contributed by atoms with Crippen molar-refractivity contribution >= 4 is 30.4 Å². The van der Waals surface area contributed by atoms with E-state index in [-0.39, 0.29) is 6.10 Å². The Morgan fingerprint density at radius 2 is 2.57 bits per heavy atom. The summed E-state index contributed by atoms with van der Waals surface area (Å²) >= 11 is 2.00. The molecule has 0 bridgehead atoms. The van der Waals surface area contributed by atoms with Gasteiger partial charge in [-0.1, -0.05) is 0 Å². The zero-order valence-electron chi connectivity index (χ0n) is 3.93. The Kier molecular flexibility index (Phi) is 5.88. The first-order valence-corrected chi connectivity index (χ1v) is 5.14. The molecule has 0 aromatic carbocycles. The van der Waals surface area contributed by atoms with E-state index in [0.717, 1.165) is 0 Å². The van der Waals surface area contributed by atoms with Gasteiger partial charge in [-0.25, -0.2) is 0 Å². The van der Waals surface area contributed by atoms with Gasteiger partial charge in [-0.15, -0.1) is 0 Å². The first-order chi connectivity index (χ1) is 3.27. The van der Waals surface area contributed by atoms with Crippen LogP contribution in [0.5, 0.6) is 0 Å². The van der Waals surface area contributed by atoms with Crippen LogP contribution >= 0.6 is 30.4 Å². The summed E-state index contributed by atoms with van der Waals surface area (Å²) in [6.07, 6.45) is -0.345. The maximum absolute atomic E-state index is 8.54. The lowest BCUT2D eigenvalue weighted by atomic mass is 10.5. The number of halogens is 1. The molecule has 7 heavy (non-hydrogen) atoms. The summed E-state index contributed by atoms with van der Waals surface area (Å²) in [4.78, 5) is 0. The van der Waals surface area contributed by atoms with E-state index >= 15 is 0 Å². The lowest BCUT2D eigenvalue weighted by Gasteiger charge is -1.98. The Bertz CT molecular complexity index is 41.9. The molecule has 0 rings (SSSR count). The number of hydrogen-bond acceptors (Lipinski definition) is 3. The van der Waals surface area contributed by atoms with Crippen molar-refractivity contribution in [2.45, 2.75) is 13.0 Å². The smallest absolute Gasteiger partial charge is 0.0880 e. The average molecular weight is 234 g/mol. The van der Waals surface area contributed by atoms with Gasteiger partial charge in [-0.05, 0) is 6.92 Å². The third kappa shape index (κ3) is 7.00. The number of rotatable bonds is 3. The largest absolute Gasteiger partial charge is 0.391 e. The molecule has 2 nitrogen and oxygen atoms in total. The molecule has 1 N–H and O–H groups in total. The molecule has 0 amide bonds. The highest BCUT2D eigenvalue weighted by Crippen LogP contribution is 2.11. The molecule has 0 fully saturated rings. The van der Waals surface area contributed by atoms with Gasteiger partial charge in [0.15, 0.2) is 0 Å². The van der Waals surface area contributed by atoms with Crippen LogP contribution in [0.4, 0.5) is 0 Å². The summed E-state index contributed by atoms with van der Waals surface area (Å²) in [5.41, 5.74) is 0. The van der Waals surface area contributed by atoms with Gasteiger partial charge in [-0.2, -0.15) is 0 Å². The van der Waals surface area contributed by atoms with Crippen molar-refractivity contribution in [3.05, 3.63) is 0 Å². The Balaban J connectivity index is 2.68. The summed E-state index contributed by atoms with van der Waals surface area (Å²) in [5, 5.41) is 8.54. The molecule has 0 aromatic heterocycles. The summed E-state index contributed by atoms with van der Waals surface area (Å²) in [6.45, 7) is 2.10. The molecule has 4 heteroatoms. The third-order valence-corrected chi connectivity index (χ3v) is 1.34. The van der Waals surface area contributed by atoms with Crippen molar-refractivity contribution in [2.24, 2.45) is 0 Å². The van der Waals surface area contributed by atoms with Crippen LogP contribution in [0.3, 0.4) is 0 Å². The van der Waals surface area contributed by atoms with Crippen molar-refractivity contribution in [1.29, 1.82) is 0 Å². The molecule has 0 heterocycles. The van der Waals surface area contributed by atoms with Crippen molar-refractivity contribution in [1.82, 2.24) is 0 Å². The van der Waals surface area contributed by atoms with Crippen molar-refractivity contribution in [2.75, 3.05) is 6.61 Å². The number of aliphatic hydroxyl groups excluding tert-OH is 1. The van der Waals surface area contributed by atoms with E-state index in [9.17, 15) is 0 Å². The minimum absolute atomic E-state index is 0.345. The van der Waals surface area contributed by atoms with Crippen LogP contribution in [0.15, 0.2) is 0 Å². The number of hydrogen-bond donors (Lipinski definition) is 1. The van der Waals surface area contributed by atoms with E-state index in [1.54, 1.807) is 6.92 Å². The second-order valence-corrected chi connectivity index (χ2v) is 2.64. The Morgan fingerprint density at radius 3 is 2.71 bits per heavy atom. The second-order valence-electron chi connectivity index (χ2n) is 1.20. The van der Waals surface area contributed by atoms with Crippen LogP contribution in [0, 0.1) is 0 Å². The summed E-state index contributed by atoms with van der Waals surface area (Å²) < 4.78 is 4.75. The normalized spacial score (nSPS) is 14.1. The van der Waals surface area contributed by atoms with Gasteiger partial charge < -0.3 is 9.29 Å². The fraction of sp³-hybridized carbons (Fsp3) is 1.00. The summed E-state index contributed by atoms with van der Waals surface area (Å²) in [6, 6.07) is 0. The van der Waals surface area contributed by atoms with Crippen LogP contribution in [0.25, 0.3) is 0 Å². The highest BCUT2D eigenvalue weighted by molar-refractivity contribution is 14.2. The SMILES string of the molecule is CC(O)COSI. The predicted octanol–water partition coefficient (Wildman–Crippen LogP) is 1.38. The molecule has 1 unspecified atom stereocenters. The van der Waals surface area contributed by atoms with Crippen LogP contribution in [-0.2, 0) is 4.18 Å². The van der Waals surface area contributed by atoms with Gasteiger partial charge in [0.1, 0.15) is 0 Å². The molecule has 1 atom stereocenters. The van der Waals surface area contributed by atoms with Gasteiger partial charge in [0.2, 0.25) is 0 Å². The molecule has 0 saturated carbocycles. The Morgan fingerprint density at radius 1 is 2.00 bits per heavy atom. The lowest BCUT2D eigenvalue weighted by molar-refractivity contribution is 0.136. The molecule has 0 radical (unpaired) electrons. The first-order valence-electron chi connectivity index (χ1n) is 1.85. The van der Waals surface area contributed by atoms with Crippen LogP contribution in [0.2, 0.25) is 0 Å². The van der Waals surface area contributed by atoms with E-state index in [0.29, 0.717) is 6.61 Å². The van der Waals surface area contributed by atoms with Crippen LogP contribution in [0.1, 0.15) is 6.92 Å². The van der Waals surface area contributed by atoms with E-state index in [1.807, 2.05) is 21.2 Å². The van der Waals surface area contributed by atoms with Crippen LogP contribution in [-0.4, -0.2) is 17.8 Å². The number of aliphatic hydroxyl groups is 1.